The van der Waals surface area contributed by atoms with Crippen molar-refractivity contribution in [3.05, 3.63) is 46.3 Å². The van der Waals surface area contributed by atoms with Crippen LogP contribution in [-0.4, -0.2) is 13.7 Å². The zero-order chi connectivity index (χ0) is 13.8. The van der Waals surface area contributed by atoms with E-state index in [1.54, 1.807) is 25.3 Å². The van der Waals surface area contributed by atoms with E-state index < -0.39 is 0 Å². The summed E-state index contributed by atoms with van der Waals surface area (Å²) in [5.41, 5.74) is 1.28. The highest BCUT2D eigenvalue weighted by Gasteiger charge is 2.11. The van der Waals surface area contributed by atoms with Gasteiger partial charge in [0.15, 0.2) is 11.5 Å². The van der Waals surface area contributed by atoms with Gasteiger partial charge in [-0.3, -0.25) is 0 Å². The molecule has 0 aliphatic carbocycles. The molecule has 0 radical (unpaired) electrons. The maximum Gasteiger partial charge on any atom is 0.336 e. The van der Waals surface area contributed by atoms with Crippen molar-refractivity contribution in [1.29, 1.82) is 0 Å². The molecule has 0 aliphatic heterocycles. The Morgan fingerprint density at radius 1 is 1.26 bits per heavy atom. The summed E-state index contributed by atoms with van der Waals surface area (Å²) in [6, 6.07) is 6.48. The Balaban J connectivity index is 2.48. The van der Waals surface area contributed by atoms with E-state index in [4.69, 9.17) is 13.9 Å². The fourth-order valence-corrected chi connectivity index (χ4v) is 1.70. The Morgan fingerprint density at radius 2 is 2.05 bits per heavy atom. The molecule has 0 saturated heterocycles. The van der Waals surface area contributed by atoms with E-state index in [1.807, 2.05) is 19.9 Å². The third kappa shape index (κ3) is 2.96. The van der Waals surface area contributed by atoms with E-state index in [1.165, 1.54) is 11.6 Å². The van der Waals surface area contributed by atoms with Gasteiger partial charge in [-0.15, -0.1) is 0 Å². The molecular formula is C15H16O4. The van der Waals surface area contributed by atoms with Gasteiger partial charge < -0.3 is 13.9 Å². The second kappa shape index (κ2) is 5.61. The molecule has 100 valence electrons. The molecule has 0 atom stereocenters. The van der Waals surface area contributed by atoms with Crippen molar-refractivity contribution >= 4 is 11.0 Å². The summed E-state index contributed by atoms with van der Waals surface area (Å²) in [6.07, 6.45) is 1.97. The van der Waals surface area contributed by atoms with Crippen molar-refractivity contribution in [1.82, 2.24) is 0 Å². The summed E-state index contributed by atoms with van der Waals surface area (Å²) < 4.78 is 16.1. The van der Waals surface area contributed by atoms with Crippen molar-refractivity contribution in [2.45, 2.75) is 13.8 Å². The Kier molecular flexibility index (Phi) is 3.90. The Hall–Kier alpha value is -2.23. The van der Waals surface area contributed by atoms with Crippen LogP contribution in [0, 0.1) is 0 Å². The van der Waals surface area contributed by atoms with Crippen LogP contribution in [0.5, 0.6) is 11.5 Å². The first-order valence-corrected chi connectivity index (χ1v) is 5.99. The SMILES string of the molecule is COc1ccc2oc(=O)ccc2c1OCC=C(C)C. The van der Waals surface area contributed by atoms with Crippen LogP contribution in [0.25, 0.3) is 11.0 Å². The fraction of sp³-hybridized carbons (Fsp3) is 0.267. The summed E-state index contributed by atoms with van der Waals surface area (Å²) >= 11 is 0. The molecular weight excluding hydrogens is 244 g/mol. The number of allylic oxidation sites excluding steroid dienone is 1. The van der Waals surface area contributed by atoms with E-state index in [9.17, 15) is 4.79 Å². The third-order valence-corrected chi connectivity index (χ3v) is 2.66. The first kappa shape index (κ1) is 13.2. The monoisotopic (exact) mass is 260 g/mol. The van der Waals surface area contributed by atoms with Crippen LogP contribution in [-0.2, 0) is 0 Å². The molecule has 0 aliphatic rings. The normalized spacial score (nSPS) is 10.3. The fourth-order valence-electron chi connectivity index (χ4n) is 1.70. The number of rotatable bonds is 4. The predicted octanol–water partition coefficient (Wildman–Crippen LogP) is 3.15. The minimum atomic E-state index is -0.382. The van der Waals surface area contributed by atoms with Gasteiger partial charge >= 0.3 is 5.63 Å². The van der Waals surface area contributed by atoms with Gasteiger partial charge in [-0.2, -0.15) is 0 Å². The first-order valence-electron chi connectivity index (χ1n) is 5.99. The summed E-state index contributed by atoms with van der Waals surface area (Å²) in [6.45, 7) is 4.45. The number of ether oxygens (including phenoxy) is 2. The van der Waals surface area contributed by atoms with Crippen LogP contribution in [0.15, 0.2) is 45.1 Å². The van der Waals surface area contributed by atoms with E-state index in [2.05, 4.69) is 0 Å². The standard InChI is InChI=1S/C15H16O4/c1-10(2)8-9-18-15-11-4-7-14(16)19-12(11)5-6-13(15)17-3/h4-8H,9H2,1-3H3. The Morgan fingerprint density at radius 3 is 2.74 bits per heavy atom. The van der Waals surface area contributed by atoms with Crippen molar-refractivity contribution < 1.29 is 13.9 Å². The van der Waals surface area contributed by atoms with E-state index >= 15 is 0 Å². The molecule has 0 fully saturated rings. The van der Waals surface area contributed by atoms with E-state index in [-0.39, 0.29) is 5.63 Å². The van der Waals surface area contributed by atoms with Crippen LogP contribution in [0.2, 0.25) is 0 Å². The molecule has 2 aromatic rings. The van der Waals surface area contributed by atoms with Crippen LogP contribution in [0.3, 0.4) is 0 Å². The van der Waals surface area contributed by atoms with Crippen molar-refractivity contribution in [3.8, 4) is 11.5 Å². The lowest BCUT2D eigenvalue weighted by molar-refractivity contribution is 0.329. The molecule has 4 nitrogen and oxygen atoms in total. The number of hydrogen-bond acceptors (Lipinski definition) is 4. The van der Waals surface area contributed by atoms with Crippen LogP contribution in [0.1, 0.15) is 13.8 Å². The molecule has 0 amide bonds. The largest absolute Gasteiger partial charge is 0.493 e. The van der Waals surface area contributed by atoms with E-state index in [0.717, 1.165) is 5.39 Å². The Labute approximate surface area is 111 Å². The molecule has 0 N–H and O–H groups in total. The van der Waals surface area contributed by atoms with Crippen molar-refractivity contribution in [3.63, 3.8) is 0 Å². The Bertz CT molecular complexity index is 663. The number of fused-ring (bicyclic) bond motifs is 1. The molecule has 0 unspecified atom stereocenters. The van der Waals surface area contributed by atoms with Gasteiger partial charge in [0.2, 0.25) is 0 Å². The molecule has 1 aromatic heterocycles. The van der Waals surface area contributed by atoms with Crippen molar-refractivity contribution in [2.24, 2.45) is 0 Å². The number of benzene rings is 1. The molecule has 0 saturated carbocycles. The molecule has 4 heteroatoms. The van der Waals surface area contributed by atoms with Gasteiger partial charge in [0, 0.05) is 6.07 Å². The molecule has 1 heterocycles. The zero-order valence-electron chi connectivity index (χ0n) is 11.2. The van der Waals surface area contributed by atoms with E-state index in [0.29, 0.717) is 23.7 Å². The minimum Gasteiger partial charge on any atom is -0.493 e. The zero-order valence-corrected chi connectivity index (χ0v) is 11.2. The van der Waals surface area contributed by atoms with Crippen LogP contribution >= 0.6 is 0 Å². The van der Waals surface area contributed by atoms with Crippen LogP contribution in [0.4, 0.5) is 0 Å². The number of hydrogen-bond donors (Lipinski definition) is 0. The molecule has 1 aromatic carbocycles. The summed E-state index contributed by atoms with van der Waals surface area (Å²) in [4.78, 5) is 11.2. The van der Waals surface area contributed by atoms with Gasteiger partial charge in [-0.1, -0.05) is 5.57 Å². The lowest BCUT2D eigenvalue weighted by atomic mass is 10.2. The third-order valence-electron chi connectivity index (χ3n) is 2.66. The average Bonchev–Trinajstić information content (AvgIpc) is 2.38. The summed E-state index contributed by atoms with van der Waals surface area (Å²) in [5, 5.41) is 0.723. The molecule has 0 bridgehead atoms. The molecule has 2 rings (SSSR count). The maximum absolute atomic E-state index is 11.2. The lowest BCUT2D eigenvalue weighted by Crippen LogP contribution is -2.00. The highest BCUT2D eigenvalue weighted by molar-refractivity contribution is 5.86. The smallest absolute Gasteiger partial charge is 0.336 e. The topological polar surface area (TPSA) is 48.7 Å². The quantitative estimate of drug-likeness (QED) is 0.626. The minimum absolute atomic E-state index is 0.382. The van der Waals surface area contributed by atoms with Gasteiger partial charge in [0.05, 0.1) is 12.5 Å². The molecule has 0 spiro atoms. The lowest BCUT2D eigenvalue weighted by Gasteiger charge is -2.11. The van der Waals surface area contributed by atoms with Crippen molar-refractivity contribution in [2.75, 3.05) is 13.7 Å². The average molecular weight is 260 g/mol. The highest BCUT2D eigenvalue weighted by Crippen LogP contribution is 2.34. The second-order valence-electron chi connectivity index (χ2n) is 4.36. The first-order chi connectivity index (χ1) is 9.11. The van der Waals surface area contributed by atoms with Gasteiger partial charge in [-0.05, 0) is 38.1 Å². The highest BCUT2D eigenvalue weighted by atomic mass is 16.5. The van der Waals surface area contributed by atoms with Gasteiger partial charge in [0.25, 0.3) is 0 Å². The second-order valence-corrected chi connectivity index (χ2v) is 4.36. The summed E-state index contributed by atoms with van der Waals surface area (Å²) in [5.74, 6) is 1.20. The summed E-state index contributed by atoms with van der Waals surface area (Å²) in [7, 11) is 1.58. The predicted molar refractivity (Wildman–Crippen MR) is 74.0 cm³/mol. The van der Waals surface area contributed by atoms with Gasteiger partial charge in [-0.25, -0.2) is 4.79 Å². The molecule has 19 heavy (non-hydrogen) atoms. The number of methoxy groups -OCH3 is 1. The van der Waals surface area contributed by atoms with Crippen LogP contribution < -0.4 is 15.1 Å². The maximum atomic E-state index is 11.2. The van der Waals surface area contributed by atoms with Gasteiger partial charge in [0.1, 0.15) is 12.2 Å².